The van der Waals surface area contributed by atoms with Gasteiger partial charge in [-0.05, 0) is 74.5 Å². The zero-order valence-corrected chi connectivity index (χ0v) is 21.2. The minimum Gasteiger partial charge on any atom is -0.324 e. The zero-order chi connectivity index (χ0) is 25.9. The molecule has 1 N–H and O–H groups in total. The lowest BCUT2D eigenvalue weighted by atomic mass is 10.1. The average molecular weight is 493 g/mol. The molecule has 0 aliphatic carbocycles. The number of nitrogens with one attached hydrogen (secondary N) is 1. The Morgan fingerprint density at radius 3 is 2.51 bits per heavy atom. The molecule has 0 fully saturated rings. The molecule has 0 amide bonds. The summed E-state index contributed by atoms with van der Waals surface area (Å²) in [6.45, 7) is 9.29. The highest BCUT2D eigenvalue weighted by molar-refractivity contribution is 5.81. The number of aromatic nitrogens is 4. The summed E-state index contributed by atoms with van der Waals surface area (Å²) in [4.78, 5) is 16.4. The number of nitrogens with zero attached hydrogens (tertiary/aromatic N) is 5. The van der Waals surface area contributed by atoms with Gasteiger partial charge in [0.15, 0.2) is 0 Å². The fraction of sp³-hybridized carbons (Fsp3) is 0.167. The van der Waals surface area contributed by atoms with Crippen LogP contribution in [0.4, 0.5) is 10.3 Å². The molecule has 0 saturated carbocycles. The highest BCUT2D eigenvalue weighted by Crippen LogP contribution is 2.33. The molecule has 37 heavy (non-hydrogen) atoms. The molecular formula is C30H29FN6. The number of benzene rings is 2. The first-order valence-corrected chi connectivity index (χ1v) is 12.2. The topological polar surface area (TPSA) is 58.4 Å². The molecule has 0 radical (unpaired) electrons. The second kappa shape index (κ2) is 10.3. The van der Waals surface area contributed by atoms with Crippen molar-refractivity contribution in [2.75, 3.05) is 12.4 Å². The lowest BCUT2D eigenvalue weighted by molar-refractivity contribution is 0.266. The number of hydrogen-bond acceptors (Lipinski definition) is 5. The van der Waals surface area contributed by atoms with Crippen LogP contribution < -0.4 is 5.32 Å². The van der Waals surface area contributed by atoms with Crippen LogP contribution in [0.3, 0.4) is 0 Å². The summed E-state index contributed by atoms with van der Waals surface area (Å²) in [5.74, 6) is 0.141. The van der Waals surface area contributed by atoms with E-state index in [0.717, 1.165) is 40.3 Å². The molecule has 5 rings (SSSR count). The molecule has 0 atom stereocenters. The van der Waals surface area contributed by atoms with Crippen molar-refractivity contribution in [1.29, 1.82) is 0 Å². The first-order valence-electron chi connectivity index (χ1n) is 12.2. The predicted octanol–water partition coefficient (Wildman–Crippen LogP) is 6.52. The van der Waals surface area contributed by atoms with Crippen molar-refractivity contribution in [2.24, 2.45) is 0 Å². The Balaban J connectivity index is 1.58. The Hall–Kier alpha value is -4.36. The van der Waals surface area contributed by atoms with Gasteiger partial charge in [-0.15, -0.1) is 0 Å². The highest BCUT2D eigenvalue weighted by atomic mass is 19.1. The lowest BCUT2D eigenvalue weighted by Crippen LogP contribution is -2.25. The van der Waals surface area contributed by atoms with E-state index in [-0.39, 0.29) is 5.82 Å². The average Bonchev–Trinajstić information content (AvgIpc) is 3.28. The van der Waals surface area contributed by atoms with Crippen LogP contribution in [0.15, 0.2) is 91.8 Å². The second-order valence-corrected chi connectivity index (χ2v) is 9.32. The van der Waals surface area contributed by atoms with Crippen molar-refractivity contribution in [3.05, 3.63) is 109 Å². The van der Waals surface area contributed by atoms with Gasteiger partial charge in [0.2, 0.25) is 5.95 Å². The Labute approximate surface area is 216 Å². The maximum Gasteiger partial charge on any atom is 0.227 e. The van der Waals surface area contributed by atoms with Crippen LogP contribution in [0, 0.1) is 5.82 Å². The summed E-state index contributed by atoms with van der Waals surface area (Å²) in [6.07, 6.45) is 3.73. The fourth-order valence-electron chi connectivity index (χ4n) is 4.11. The van der Waals surface area contributed by atoms with Crippen LogP contribution in [0.1, 0.15) is 25.0 Å². The molecule has 2 aromatic carbocycles. The second-order valence-electron chi connectivity index (χ2n) is 9.32. The van der Waals surface area contributed by atoms with Gasteiger partial charge in [0.1, 0.15) is 11.5 Å². The highest BCUT2D eigenvalue weighted by Gasteiger charge is 2.19. The van der Waals surface area contributed by atoms with Gasteiger partial charge in [-0.1, -0.05) is 36.9 Å². The summed E-state index contributed by atoms with van der Waals surface area (Å²) in [5.41, 5.74) is 6.65. The van der Waals surface area contributed by atoms with Crippen molar-refractivity contribution >= 4 is 17.3 Å². The van der Waals surface area contributed by atoms with Gasteiger partial charge in [-0.25, -0.2) is 19.3 Å². The summed E-state index contributed by atoms with van der Waals surface area (Å²) in [5, 5.41) is 3.22. The molecule has 3 heterocycles. The molecule has 7 heteroatoms. The summed E-state index contributed by atoms with van der Waals surface area (Å²) in [6, 6.07) is 22.7. The number of halogens is 1. The van der Waals surface area contributed by atoms with E-state index in [1.165, 1.54) is 12.1 Å². The van der Waals surface area contributed by atoms with Gasteiger partial charge in [0.25, 0.3) is 0 Å². The normalized spacial score (nSPS) is 11.4. The maximum atomic E-state index is 13.7. The predicted molar refractivity (Wildman–Crippen MR) is 147 cm³/mol. The smallest absolute Gasteiger partial charge is 0.227 e. The third kappa shape index (κ3) is 5.27. The largest absolute Gasteiger partial charge is 0.324 e. The summed E-state index contributed by atoms with van der Waals surface area (Å²) < 4.78 is 15.7. The van der Waals surface area contributed by atoms with E-state index in [0.29, 0.717) is 23.4 Å². The van der Waals surface area contributed by atoms with Crippen molar-refractivity contribution in [3.63, 3.8) is 0 Å². The fourth-order valence-corrected chi connectivity index (χ4v) is 4.11. The third-order valence-corrected chi connectivity index (χ3v) is 6.40. The molecule has 0 aliphatic rings. The number of pyridine rings is 1. The minimum absolute atomic E-state index is 0.291. The SMILES string of the molecule is C=C(Nc1nccc(-c2c(-c3ccc(F)cc3)nc3cc(CN(C)C(C)C)ccn23)n1)c1ccccc1. The van der Waals surface area contributed by atoms with Crippen LogP contribution in [0.2, 0.25) is 0 Å². The molecule has 0 spiro atoms. The van der Waals surface area contributed by atoms with E-state index >= 15 is 0 Å². The van der Waals surface area contributed by atoms with Crippen molar-refractivity contribution in [2.45, 2.75) is 26.4 Å². The molecule has 5 aromatic rings. The number of rotatable bonds is 8. The monoisotopic (exact) mass is 492 g/mol. The van der Waals surface area contributed by atoms with Crippen LogP contribution in [-0.2, 0) is 6.54 Å². The van der Waals surface area contributed by atoms with E-state index in [2.05, 4.69) is 54.8 Å². The van der Waals surface area contributed by atoms with Crippen LogP contribution >= 0.6 is 0 Å². The molecule has 0 bridgehead atoms. The third-order valence-electron chi connectivity index (χ3n) is 6.40. The summed E-state index contributed by atoms with van der Waals surface area (Å²) >= 11 is 0. The van der Waals surface area contributed by atoms with Crippen LogP contribution in [-0.4, -0.2) is 37.3 Å². The quantitative estimate of drug-likeness (QED) is 0.267. The first-order chi connectivity index (χ1) is 17.9. The molecule has 0 saturated heterocycles. The van der Waals surface area contributed by atoms with E-state index in [9.17, 15) is 4.39 Å². The standard InChI is InChI=1S/C30H29FN6/c1-20(2)36(4)19-22-15-17-37-27(18-22)35-28(24-10-12-25(31)13-11-24)29(37)26-14-16-32-30(34-26)33-21(3)23-8-6-5-7-9-23/h5-18,20H,3,19H2,1-2,4H3,(H,32,33,34). The molecule has 3 aromatic heterocycles. The first kappa shape index (κ1) is 24.3. The van der Waals surface area contributed by atoms with Gasteiger partial charge < -0.3 is 5.32 Å². The zero-order valence-electron chi connectivity index (χ0n) is 21.2. The van der Waals surface area contributed by atoms with Gasteiger partial charge in [0, 0.05) is 36.2 Å². The van der Waals surface area contributed by atoms with E-state index in [1.807, 2.05) is 47.0 Å². The van der Waals surface area contributed by atoms with Gasteiger partial charge in [-0.3, -0.25) is 9.30 Å². The van der Waals surface area contributed by atoms with Gasteiger partial charge in [0.05, 0.1) is 17.1 Å². The van der Waals surface area contributed by atoms with Crippen molar-refractivity contribution < 1.29 is 4.39 Å². The Kier molecular flexibility index (Phi) is 6.79. The van der Waals surface area contributed by atoms with Crippen molar-refractivity contribution in [3.8, 4) is 22.6 Å². The number of imidazole rings is 1. The molecule has 0 aliphatic heterocycles. The Morgan fingerprint density at radius 1 is 1.03 bits per heavy atom. The maximum absolute atomic E-state index is 13.7. The summed E-state index contributed by atoms with van der Waals surface area (Å²) in [7, 11) is 2.11. The number of anilines is 1. The van der Waals surface area contributed by atoms with E-state index < -0.39 is 0 Å². The Morgan fingerprint density at radius 2 is 1.78 bits per heavy atom. The van der Waals surface area contributed by atoms with Crippen molar-refractivity contribution in [1.82, 2.24) is 24.3 Å². The molecule has 6 nitrogen and oxygen atoms in total. The lowest BCUT2D eigenvalue weighted by Gasteiger charge is -2.20. The Bertz CT molecular complexity index is 1540. The number of fused-ring (bicyclic) bond motifs is 1. The van der Waals surface area contributed by atoms with Crippen LogP contribution in [0.25, 0.3) is 34.0 Å². The molecular weight excluding hydrogens is 463 g/mol. The minimum atomic E-state index is -0.291. The molecule has 0 unspecified atom stereocenters. The van der Waals surface area contributed by atoms with Gasteiger partial charge in [-0.2, -0.15) is 0 Å². The van der Waals surface area contributed by atoms with E-state index in [4.69, 9.17) is 9.97 Å². The van der Waals surface area contributed by atoms with E-state index in [1.54, 1.807) is 18.3 Å². The molecule has 186 valence electrons. The van der Waals surface area contributed by atoms with Gasteiger partial charge >= 0.3 is 0 Å². The number of hydrogen-bond donors (Lipinski definition) is 1. The van der Waals surface area contributed by atoms with Crippen LogP contribution in [0.5, 0.6) is 0 Å².